The van der Waals surface area contributed by atoms with Crippen molar-refractivity contribution in [3.8, 4) is 59.9 Å². The van der Waals surface area contributed by atoms with Crippen LogP contribution in [-0.2, 0) is 10.8 Å². The summed E-state index contributed by atoms with van der Waals surface area (Å²) in [6.07, 6.45) is 13.3. The van der Waals surface area contributed by atoms with Gasteiger partial charge in [0, 0.05) is 34.4 Å². The standard InChI is InChI=1S/C40H42O2/c1-11-19-41-37-27-34(18-16-32-22-30(14-4)24-36(26-32)40(8,9)10)38(42-20-12-2)28-33(37)17-15-31-21-29(13-3)23-35(25-31)39(5,6)7/h3-4,21-28H,11-12,19-20H2,1-2,5-10H3. The minimum absolute atomic E-state index is 0.0481. The molecule has 2 nitrogen and oxygen atoms in total. The number of hydrogen-bond acceptors (Lipinski definition) is 2. The summed E-state index contributed by atoms with van der Waals surface area (Å²) in [4.78, 5) is 0. The molecule has 0 saturated carbocycles. The quantitative estimate of drug-likeness (QED) is 0.284. The van der Waals surface area contributed by atoms with Crippen molar-refractivity contribution >= 4 is 0 Å². The fourth-order valence-corrected chi connectivity index (χ4v) is 4.13. The van der Waals surface area contributed by atoms with Crippen molar-refractivity contribution in [1.29, 1.82) is 0 Å². The summed E-state index contributed by atoms with van der Waals surface area (Å²) in [5, 5.41) is 0. The lowest BCUT2D eigenvalue weighted by atomic mass is 9.85. The van der Waals surface area contributed by atoms with Gasteiger partial charge in [0.2, 0.25) is 0 Å². The average Bonchev–Trinajstić information content (AvgIpc) is 2.95. The molecule has 0 atom stereocenters. The molecule has 3 rings (SSSR count). The van der Waals surface area contributed by atoms with Crippen molar-refractivity contribution in [3.05, 3.63) is 93.0 Å². The van der Waals surface area contributed by atoms with E-state index in [1.807, 2.05) is 24.3 Å². The first kappa shape index (κ1) is 32.0. The fraction of sp³-hybridized carbons (Fsp3) is 0.350. The van der Waals surface area contributed by atoms with E-state index in [0.29, 0.717) is 24.7 Å². The van der Waals surface area contributed by atoms with Gasteiger partial charge in [0.25, 0.3) is 0 Å². The maximum atomic E-state index is 6.17. The Kier molecular flexibility index (Phi) is 10.6. The summed E-state index contributed by atoms with van der Waals surface area (Å²) in [6, 6.07) is 16.1. The summed E-state index contributed by atoms with van der Waals surface area (Å²) >= 11 is 0. The van der Waals surface area contributed by atoms with Gasteiger partial charge >= 0.3 is 0 Å². The van der Waals surface area contributed by atoms with Gasteiger partial charge in [-0.1, -0.05) is 90.9 Å². The first-order valence-electron chi connectivity index (χ1n) is 14.6. The van der Waals surface area contributed by atoms with Crippen LogP contribution >= 0.6 is 0 Å². The second-order valence-electron chi connectivity index (χ2n) is 12.4. The fourth-order valence-electron chi connectivity index (χ4n) is 4.13. The van der Waals surface area contributed by atoms with Gasteiger partial charge in [-0.15, -0.1) is 12.8 Å². The van der Waals surface area contributed by atoms with Gasteiger partial charge in [0.15, 0.2) is 0 Å². The molecular formula is C40H42O2. The SMILES string of the molecule is C#Cc1cc(C#Cc2cc(OCCC)c(C#Cc3cc(C#C)cc(C(C)(C)C)c3)cc2OCCC)cc(C(C)(C)C)c1. The molecule has 0 fully saturated rings. The van der Waals surface area contributed by atoms with E-state index in [0.717, 1.165) is 57.3 Å². The van der Waals surface area contributed by atoms with Crippen molar-refractivity contribution in [1.82, 2.24) is 0 Å². The van der Waals surface area contributed by atoms with Gasteiger partial charge in [0.05, 0.1) is 24.3 Å². The number of rotatable bonds is 6. The van der Waals surface area contributed by atoms with Crippen molar-refractivity contribution in [3.63, 3.8) is 0 Å². The van der Waals surface area contributed by atoms with E-state index in [-0.39, 0.29) is 10.8 Å². The highest BCUT2D eigenvalue weighted by Crippen LogP contribution is 2.30. The zero-order valence-electron chi connectivity index (χ0n) is 26.4. The maximum absolute atomic E-state index is 6.17. The minimum Gasteiger partial charge on any atom is -0.492 e. The van der Waals surface area contributed by atoms with Crippen LogP contribution in [0.4, 0.5) is 0 Å². The summed E-state index contributed by atoms with van der Waals surface area (Å²) in [6.45, 7) is 18.3. The summed E-state index contributed by atoms with van der Waals surface area (Å²) in [5.74, 6) is 20.2. The topological polar surface area (TPSA) is 18.5 Å². The molecule has 3 aromatic carbocycles. The lowest BCUT2D eigenvalue weighted by Gasteiger charge is -2.19. The highest BCUT2D eigenvalue weighted by Gasteiger charge is 2.16. The zero-order valence-corrected chi connectivity index (χ0v) is 26.4. The molecule has 0 saturated heterocycles. The Bertz CT molecular complexity index is 1510. The third-order valence-corrected chi connectivity index (χ3v) is 6.62. The smallest absolute Gasteiger partial charge is 0.136 e. The molecule has 0 heterocycles. The molecule has 0 amide bonds. The Hall–Kier alpha value is -4.50. The zero-order chi connectivity index (χ0) is 30.9. The van der Waals surface area contributed by atoms with E-state index in [2.05, 4.69) is 115 Å². The van der Waals surface area contributed by atoms with Gasteiger partial charge in [-0.05, 0) is 71.2 Å². The van der Waals surface area contributed by atoms with Crippen LogP contribution in [0.1, 0.15) is 113 Å². The lowest BCUT2D eigenvalue weighted by molar-refractivity contribution is 0.307. The second kappa shape index (κ2) is 13.9. The molecule has 0 spiro atoms. The first-order chi connectivity index (χ1) is 19.9. The molecule has 0 radical (unpaired) electrons. The van der Waals surface area contributed by atoms with E-state index < -0.39 is 0 Å². The van der Waals surface area contributed by atoms with Crippen LogP contribution in [0.25, 0.3) is 0 Å². The number of ether oxygens (including phenoxy) is 2. The third kappa shape index (κ3) is 8.75. The van der Waals surface area contributed by atoms with Crippen molar-refractivity contribution < 1.29 is 9.47 Å². The molecule has 0 unspecified atom stereocenters. The van der Waals surface area contributed by atoms with E-state index >= 15 is 0 Å². The highest BCUT2D eigenvalue weighted by molar-refractivity contribution is 5.61. The van der Waals surface area contributed by atoms with Crippen LogP contribution in [0, 0.1) is 48.4 Å². The molecule has 2 heteroatoms. The summed E-state index contributed by atoms with van der Waals surface area (Å²) < 4.78 is 12.3. The molecule has 0 aliphatic heterocycles. The van der Waals surface area contributed by atoms with Gasteiger partial charge < -0.3 is 9.47 Å². The predicted molar refractivity (Wildman–Crippen MR) is 176 cm³/mol. The van der Waals surface area contributed by atoms with E-state index in [4.69, 9.17) is 22.3 Å². The minimum atomic E-state index is -0.0481. The lowest BCUT2D eigenvalue weighted by Crippen LogP contribution is -2.11. The molecule has 0 N–H and O–H groups in total. The van der Waals surface area contributed by atoms with Gasteiger partial charge in [0.1, 0.15) is 11.5 Å². The highest BCUT2D eigenvalue weighted by atomic mass is 16.5. The molecule has 0 aromatic heterocycles. The predicted octanol–water partition coefficient (Wildman–Crippen LogP) is 8.62. The maximum Gasteiger partial charge on any atom is 0.136 e. The number of hydrogen-bond donors (Lipinski definition) is 0. The number of benzene rings is 3. The van der Waals surface area contributed by atoms with Crippen LogP contribution < -0.4 is 9.47 Å². The Balaban J connectivity index is 2.16. The van der Waals surface area contributed by atoms with Crippen molar-refractivity contribution in [2.45, 2.75) is 79.1 Å². The van der Waals surface area contributed by atoms with E-state index in [1.54, 1.807) is 0 Å². The Morgan fingerprint density at radius 2 is 0.881 bits per heavy atom. The molecule has 214 valence electrons. The summed E-state index contributed by atoms with van der Waals surface area (Å²) in [7, 11) is 0. The van der Waals surface area contributed by atoms with Crippen LogP contribution in [0.5, 0.6) is 11.5 Å². The Morgan fingerprint density at radius 3 is 1.19 bits per heavy atom. The molecule has 42 heavy (non-hydrogen) atoms. The van der Waals surface area contributed by atoms with Gasteiger partial charge in [-0.2, -0.15) is 0 Å². The van der Waals surface area contributed by atoms with E-state index in [1.165, 1.54) is 0 Å². The van der Waals surface area contributed by atoms with Gasteiger partial charge in [-0.3, -0.25) is 0 Å². The Morgan fingerprint density at radius 1 is 0.524 bits per heavy atom. The van der Waals surface area contributed by atoms with Gasteiger partial charge in [-0.25, -0.2) is 0 Å². The molecule has 0 aliphatic rings. The molecule has 0 bridgehead atoms. The molecule has 0 aliphatic carbocycles. The van der Waals surface area contributed by atoms with Crippen LogP contribution in [0.3, 0.4) is 0 Å². The first-order valence-corrected chi connectivity index (χ1v) is 14.6. The van der Waals surface area contributed by atoms with Crippen LogP contribution in [-0.4, -0.2) is 13.2 Å². The van der Waals surface area contributed by atoms with Crippen molar-refractivity contribution in [2.75, 3.05) is 13.2 Å². The molecule has 3 aromatic rings. The second-order valence-corrected chi connectivity index (χ2v) is 12.4. The number of terminal acetylenes is 2. The van der Waals surface area contributed by atoms with E-state index in [9.17, 15) is 0 Å². The monoisotopic (exact) mass is 554 g/mol. The van der Waals surface area contributed by atoms with Crippen molar-refractivity contribution in [2.24, 2.45) is 0 Å². The Labute approximate surface area is 254 Å². The normalized spacial score (nSPS) is 10.8. The molecular weight excluding hydrogens is 512 g/mol. The third-order valence-electron chi connectivity index (χ3n) is 6.62. The largest absolute Gasteiger partial charge is 0.492 e. The van der Waals surface area contributed by atoms with Crippen LogP contribution in [0.2, 0.25) is 0 Å². The van der Waals surface area contributed by atoms with Crippen LogP contribution in [0.15, 0.2) is 48.5 Å². The summed E-state index contributed by atoms with van der Waals surface area (Å²) in [5.41, 5.74) is 7.03. The average molecular weight is 555 g/mol.